The first kappa shape index (κ1) is 22.2. The lowest BCUT2D eigenvalue weighted by Gasteiger charge is -2.06. The van der Waals surface area contributed by atoms with Crippen LogP contribution in [-0.4, -0.2) is 29.0 Å². The fraction of sp³-hybridized carbons (Fsp3) is 0.174. The Labute approximate surface area is 190 Å². The van der Waals surface area contributed by atoms with Gasteiger partial charge in [0.1, 0.15) is 24.0 Å². The molecule has 0 aliphatic heterocycles. The quantitative estimate of drug-likeness (QED) is 0.452. The highest BCUT2D eigenvalue weighted by atomic mass is 32.1. The molecule has 4 rings (SSSR count). The van der Waals surface area contributed by atoms with Gasteiger partial charge in [-0.05, 0) is 37.3 Å². The summed E-state index contributed by atoms with van der Waals surface area (Å²) < 4.78 is 12.7. The molecule has 2 aromatic heterocycles. The molecule has 168 valence electrons. The monoisotopic (exact) mass is 465 g/mol. The van der Waals surface area contributed by atoms with Gasteiger partial charge in [0, 0.05) is 12.6 Å². The normalized spacial score (nSPS) is 11.6. The molecule has 4 aromatic rings. The Hall–Kier alpha value is -4.05. The van der Waals surface area contributed by atoms with Gasteiger partial charge < -0.3 is 19.0 Å². The van der Waals surface area contributed by atoms with Crippen LogP contribution in [0, 0.1) is 0 Å². The number of nitrogens with zero attached hydrogens (tertiary/aromatic N) is 2. The van der Waals surface area contributed by atoms with Crippen molar-refractivity contribution in [1.82, 2.24) is 4.57 Å². The minimum absolute atomic E-state index is 0.175. The van der Waals surface area contributed by atoms with Gasteiger partial charge in [0.2, 0.25) is 11.3 Å². The number of nitrogens with one attached hydrogen (secondary N) is 1. The first-order valence-electron chi connectivity index (χ1n) is 10.0. The number of aromatic nitrogens is 1. The molecule has 1 N–H and O–H groups in total. The molecule has 0 atom stereocenters. The topological polar surface area (TPSA) is 120 Å². The molecular weight excluding hydrogens is 446 g/mol. The van der Waals surface area contributed by atoms with E-state index in [4.69, 9.17) is 9.15 Å². The van der Waals surface area contributed by atoms with Crippen molar-refractivity contribution in [1.29, 1.82) is 0 Å². The lowest BCUT2D eigenvalue weighted by molar-refractivity contribution is -0.143. The molecule has 0 aliphatic carbocycles. The maximum absolute atomic E-state index is 12.9. The number of carbonyl (C=O) groups is 3. The molecule has 0 saturated carbocycles. The summed E-state index contributed by atoms with van der Waals surface area (Å²) in [5, 5.41) is 2.97. The van der Waals surface area contributed by atoms with Crippen LogP contribution >= 0.6 is 11.3 Å². The number of para-hydroxylation sites is 1. The van der Waals surface area contributed by atoms with Crippen molar-refractivity contribution in [3.05, 3.63) is 69.3 Å². The van der Waals surface area contributed by atoms with E-state index in [0.717, 1.165) is 17.6 Å². The number of anilines is 1. The number of hydrogen-bond donors (Lipinski definition) is 1. The van der Waals surface area contributed by atoms with E-state index < -0.39 is 17.3 Å². The van der Waals surface area contributed by atoms with E-state index in [1.54, 1.807) is 49.4 Å². The van der Waals surface area contributed by atoms with E-state index in [9.17, 15) is 19.2 Å². The number of rotatable bonds is 5. The molecule has 0 spiro atoms. The SMILES string of the molecule is CCOC(=O)Cn1c(=NC(=O)c2coc3ccccc3c2=O)sc2cc(NC(C)=O)ccc21. The van der Waals surface area contributed by atoms with Crippen molar-refractivity contribution in [2.24, 2.45) is 4.99 Å². The van der Waals surface area contributed by atoms with Crippen molar-refractivity contribution >= 4 is 56.0 Å². The molecule has 0 fully saturated rings. The van der Waals surface area contributed by atoms with Gasteiger partial charge in [0.05, 0.1) is 22.2 Å². The lowest BCUT2D eigenvalue weighted by Crippen LogP contribution is -2.24. The number of hydrogen-bond acceptors (Lipinski definition) is 7. The molecule has 33 heavy (non-hydrogen) atoms. The van der Waals surface area contributed by atoms with Gasteiger partial charge in [-0.3, -0.25) is 19.2 Å². The van der Waals surface area contributed by atoms with Crippen LogP contribution < -0.4 is 15.5 Å². The molecular formula is C23H19N3O6S. The van der Waals surface area contributed by atoms with Crippen LogP contribution in [0.15, 0.2) is 62.9 Å². The standard InChI is InChI=1S/C23H19N3O6S/c1-3-31-20(28)11-26-17-9-8-14(24-13(2)27)10-19(17)33-23(26)25-22(30)16-12-32-18-7-5-4-6-15(18)21(16)29/h4-10,12H,3,11H2,1-2H3,(H,24,27). The van der Waals surface area contributed by atoms with E-state index in [1.165, 1.54) is 11.5 Å². The van der Waals surface area contributed by atoms with E-state index >= 15 is 0 Å². The van der Waals surface area contributed by atoms with Crippen LogP contribution in [0.25, 0.3) is 21.2 Å². The summed E-state index contributed by atoms with van der Waals surface area (Å²) in [5.74, 6) is -1.52. The van der Waals surface area contributed by atoms with Crippen LogP contribution in [0.1, 0.15) is 24.2 Å². The Morgan fingerprint density at radius 3 is 2.73 bits per heavy atom. The summed E-state index contributed by atoms with van der Waals surface area (Å²) in [6.45, 7) is 3.12. The van der Waals surface area contributed by atoms with Gasteiger partial charge in [-0.25, -0.2) is 0 Å². The number of ether oxygens (including phenoxy) is 1. The zero-order valence-corrected chi connectivity index (χ0v) is 18.6. The maximum atomic E-state index is 12.9. The van der Waals surface area contributed by atoms with Crippen LogP contribution in [0.2, 0.25) is 0 Å². The molecule has 0 bridgehead atoms. The Kier molecular flexibility index (Phi) is 6.18. The van der Waals surface area contributed by atoms with Crippen LogP contribution in [0.5, 0.6) is 0 Å². The van der Waals surface area contributed by atoms with Crippen LogP contribution in [0.4, 0.5) is 5.69 Å². The van der Waals surface area contributed by atoms with Gasteiger partial charge in [-0.2, -0.15) is 4.99 Å². The molecule has 10 heteroatoms. The summed E-state index contributed by atoms with van der Waals surface area (Å²) in [5.41, 5.74) is 0.847. The number of fused-ring (bicyclic) bond motifs is 2. The third-order valence-corrected chi connectivity index (χ3v) is 5.74. The van der Waals surface area contributed by atoms with Crippen molar-refractivity contribution in [2.75, 3.05) is 11.9 Å². The van der Waals surface area contributed by atoms with E-state index in [-0.39, 0.29) is 34.8 Å². The maximum Gasteiger partial charge on any atom is 0.326 e. The Morgan fingerprint density at radius 1 is 1.18 bits per heavy atom. The highest BCUT2D eigenvalue weighted by Gasteiger charge is 2.17. The summed E-state index contributed by atoms with van der Waals surface area (Å²) in [6, 6.07) is 11.7. The van der Waals surface area contributed by atoms with Crippen molar-refractivity contribution < 1.29 is 23.5 Å². The number of benzene rings is 2. The molecule has 2 amide bonds. The highest BCUT2D eigenvalue weighted by Crippen LogP contribution is 2.22. The van der Waals surface area contributed by atoms with Gasteiger partial charge in [-0.15, -0.1) is 0 Å². The number of carbonyl (C=O) groups excluding carboxylic acids is 3. The molecule has 9 nitrogen and oxygen atoms in total. The van der Waals surface area contributed by atoms with Crippen LogP contribution in [-0.2, 0) is 20.9 Å². The van der Waals surface area contributed by atoms with Crippen molar-refractivity contribution in [3.8, 4) is 0 Å². The van der Waals surface area contributed by atoms with Crippen molar-refractivity contribution in [3.63, 3.8) is 0 Å². The Morgan fingerprint density at radius 2 is 1.97 bits per heavy atom. The van der Waals surface area contributed by atoms with Gasteiger partial charge in [-0.1, -0.05) is 23.5 Å². The zero-order valence-electron chi connectivity index (χ0n) is 17.8. The smallest absolute Gasteiger partial charge is 0.326 e. The first-order chi connectivity index (χ1) is 15.9. The van der Waals surface area contributed by atoms with Crippen molar-refractivity contribution in [2.45, 2.75) is 20.4 Å². The third-order valence-electron chi connectivity index (χ3n) is 4.70. The summed E-state index contributed by atoms with van der Waals surface area (Å²) in [7, 11) is 0. The fourth-order valence-corrected chi connectivity index (χ4v) is 4.37. The molecule has 0 unspecified atom stereocenters. The minimum Gasteiger partial charge on any atom is -0.465 e. The van der Waals surface area contributed by atoms with Gasteiger partial charge in [0.15, 0.2) is 4.80 Å². The average Bonchev–Trinajstić information content (AvgIpc) is 3.09. The van der Waals surface area contributed by atoms with E-state index in [2.05, 4.69) is 10.3 Å². The third kappa shape index (κ3) is 4.60. The first-order valence-corrected chi connectivity index (χ1v) is 10.8. The number of thiazole rings is 1. The van der Waals surface area contributed by atoms with E-state index in [0.29, 0.717) is 21.5 Å². The number of esters is 1. The molecule has 2 heterocycles. The summed E-state index contributed by atoms with van der Waals surface area (Å²) >= 11 is 1.14. The van der Waals surface area contributed by atoms with Crippen LogP contribution in [0.3, 0.4) is 0 Å². The Balaban J connectivity index is 1.84. The molecule has 0 saturated heterocycles. The second kappa shape index (κ2) is 9.21. The zero-order chi connectivity index (χ0) is 23.5. The lowest BCUT2D eigenvalue weighted by atomic mass is 10.2. The fourth-order valence-electron chi connectivity index (χ4n) is 3.30. The average molecular weight is 465 g/mol. The summed E-state index contributed by atoms with van der Waals surface area (Å²) in [6.07, 6.45) is 1.09. The minimum atomic E-state index is -0.791. The predicted molar refractivity (Wildman–Crippen MR) is 123 cm³/mol. The largest absolute Gasteiger partial charge is 0.465 e. The predicted octanol–water partition coefficient (Wildman–Crippen LogP) is 3.07. The number of amides is 2. The van der Waals surface area contributed by atoms with Gasteiger partial charge in [0.25, 0.3) is 5.91 Å². The second-order valence-electron chi connectivity index (χ2n) is 7.03. The Bertz CT molecular complexity index is 1530. The van der Waals surface area contributed by atoms with E-state index in [1.807, 2.05) is 0 Å². The second-order valence-corrected chi connectivity index (χ2v) is 8.04. The molecule has 0 radical (unpaired) electrons. The highest BCUT2D eigenvalue weighted by molar-refractivity contribution is 7.16. The molecule has 2 aromatic carbocycles. The summed E-state index contributed by atoms with van der Waals surface area (Å²) in [4.78, 5) is 53.6. The van der Waals surface area contributed by atoms with Gasteiger partial charge >= 0.3 is 5.97 Å². The molecule has 0 aliphatic rings.